The Kier molecular flexibility index (Phi) is 13.6. The third kappa shape index (κ3) is 11.2. The third-order valence-corrected chi connectivity index (χ3v) is 7.76. The predicted molar refractivity (Wildman–Crippen MR) is 174 cm³/mol. The van der Waals surface area contributed by atoms with Gasteiger partial charge in [0.15, 0.2) is 0 Å². The number of nitro groups is 1. The quantitative estimate of drug-likeness (QED) is 0.131. The number of hydrogen-bond donors (Lipinski definition) is 5. The smallest absolute Gasteiger partial charge is 0.303 e. The first-order chi connectivity index (χ1) is 22.7. The van der Waals surface area contributed by atoms with E-state index in [2.05, 4.69) is 21.3 Å². The number of nitro benzene ring substituents is 1. The lowest BCUT2D eigenvalue weighted by atomic mass is 10.0. The Morgan fingerprint density at radius 2 is 1.56 bits per heavy atom. The van der Waals surface area contributed by atoms with Crippen LogP contribution in [0.5, 0.6) is 0 Å². The van der Waals surface area contributed by atoms with Crippen molar-refractivity contribution in [3.63, 3.8) is 0 Å². The topological polar surface area (TPSA) is 217 Å². The molecule has 2 aromatic rings. The van der Waals surface area contributed by atoms with Crippen LogP contribution in [0.3, 0.4) is 0 Å². The SMILES string of the molecule is CC(C)C[C@H](NC(=O)[C@H](C)NC(=O)CCC(=O)O)C(=O)N1CCC[C@H]1C(=O)N[C@H](Cc1ccccc1)C(=O)Nc1ccc([N+](=O)[O-])cc1. The zero-order valence-electron chi connectivity index (χ0n) is 27.1. The summed E-state index contributed by atoms with van der Waals surface area (Å²) < 4.78 is 0. The Labute approximate surface area is 278 Å². The summed E-state index contributed by atoms with van der Waals surface area (Å²) >= 11 is 0. The van der Waals surface area contributed by atoms with E-state index in [-0.39, 0.29) is 37.4 Å². The first kappa shape index (κ1) is 37.1. The van der Waals surface area contributed by atoms with Gasteiger partial charge in [-0.1, -0.05) is 44.2 Å². The number of aliphatic carboxylic acids is 1. The molecule has 0 saturated carbocycles. The number of rotatable bonds is 16. The lowest BCUT2D eigenvalue weighted by Gasteiger charge is -2.31. The molecule has 1 saturated heterocycles. The molecule has 1 aliphatic rings. The monoisotopic (exact) mass is 666 g/mol. The molecule has 5 N–H and O–H groups in total. The molecule has 2 aromatic carbocycles. The number of anilines is 1. The molecule has 15 heteroatoms. The Morgan fingerprint density at radius 3 is 2.17 bits per heavy atom. The van der Waals surface area contributed by atoms with E-state index in [9.17, 15) is 38.9 Å². The van der Waals surface area contributed by atoms with Gasteiger partial charge in [-0.15, -0.1) is 0 Å². The summed E-state index contributed by atoms with van der Waals surface area (Å²) in [5, 5.41) is 30.4. The van der Waals surface area contributed by atoms with Crippen LogP contribution < -0.4 is 21.3 Å². The molecule has 0 bridgehead atoms. The van der Waals surface area contributed by atoms with Gasteiger partial charge in [0.2, 0.25) is 29.5 Å². The molecule has 0 aromatic heterocycles. The van der Waals surface area contributed by atoms with Crippen LogP contribution in [0, 0.1) is 16.0 Å². The fourth-order valence-electron chi connectivity index (χ4n) is 5.32. The van der Waals surface area contributed by atoms with Gasteiger partial charge in [-0.2, -0.15) is 0 Å². The summed E-state index contributed by atoms with van der Waals surface area (Å²) in [4.78, 5) is 88.6. The van der Waals surface area contributed by atoms with Crippen molar-refractivity contribution in [1.29, 1.82) is 0 Å². The minimum absolute atomic E-state index is 0.0204. The van der Waals surface area contributed by atoms with Crippen LogP contribution in [-0.2, 0) is 35.2 Å². The second-order valence-electron chi connectivity index (χ2n) is 12.1. The van der Waals surface area contributed by atoms with Gasteiger partial charge in [0.05, 0.1) is 11.3 Å². The maximum atomic E-state index is 13.8. The van der Waals surface area contributed by atoms with Crippen LogP contribution in [0.1, 0.15) is 58.4 Å². The average Bonchev–Trinajstić information content (AvgIpc) is 3.53. The fraction of sp³-hybridized carbons (Fsp3) is 0.455. The molecule has 0 radical (unpaired) electrons. The number of likely N-dealkylation sites (tertiary alicyclic amines) is 1. The van der Waals surface area contributed by atoms with E-state index in [1.807, 2.05) is 19.9 Å². The van der Waals surface area contributed by atoms with Crippen LogP contribution >= 0.6 is 0 Å². The second kappa shape index (κ2) is 17.5. The van der Waals surface area contributed by atoms with Gasteiger partial charge < -0.3 is 31.3 Å². The highest BCUT2D eigenvalue weighted by Crippen LogP contribution is 2.22. The van der Waals surface area contributed by atoms with Crippen molar-refractivity contribution in [2.24, 2.45) is 5.92 Å². The molecule has 0 aliphatic carbocycles. The van der Waals surface area contributed by atoms with Crippen LogP contribution in [0.25, 0.3) is 0 Å². The summed E-state index contributed by atoms with van der Waals surface area (Å²) in [5.74, 6) is -4.00. The Balaban J connectivity index is 1.74. The first-order valence-electron chi connectivity index (χ1n) is 15.8. The molecular formula is C33H42N6O9. The van der Waals surface area contributed by atoms with Gasteiger partial charge in [0, 0.05) is 37.2 Å². The second-order valence-corrected chi connectivity index (χ2v) is 12.1. The molecule has 1 heterocycles. The number of carbonyl (C=O) groups excluding carboxylic acids is 5. The summed E-state index contributed by atoms with van der Waals surface area (Å²) in [6.45, 7) is 5.41. The number of benzene rings is 2. The van der Waals surface area contributed by atoms with E-state index in [4.69, 9.17) is 5.11 Å². The Hall–Kier alpha value is -5.34. The zero-order chi connectivity index (χ0) is 35.4. The molecule has 1 aliphatic heterocycles. The number of carbonyl (C=O) groups is 6. The number of carboxylic acids is 1. The van der Waals surface area contributed by atoms with Gasteiger partial charge in [0.25, 0.3) is 5.69 Å². The first-order valence-corrected chi connectivity index (χ1v) is 15.8. The number of hydrogen-bond acceptors (Lipinski definition) is 8. The van der Waals surface area contributed by atoms with Crippen molar-refractivity contribution in [1.82, 2.24) is 20.9 Å². The zero-order valence-corrected chi connectivity index (χ0v) is 27.1. The minimum Gasteiger partial charge on any atom is -0.481 e. The van der Waals surface area contributed by atoms with Crippen LogP contribution in [0.4, 0.5) is 11.4 Å². The van der Waals surface area contributed by atoms with E-state index in [0.29, 0.717) is 18.5 Å². The number of non-ortho nitro benzene ring substituents is 1. The molecule has 4 atom stereocenters. The third-order valence-electron chi connectivity index (χ3n) is 7.76. The van der Waals surface area contributed by atoms with Gasteiger partial charge in [0.1, 0.15) is 24.2 Å². The summed E-state index contributed by atoms with van der Waals surface area (Å²) in [6.07, 6.45) is 0.539. The van der Waals surface area contributed by atoms with Crippen LogP contribution in [0.2, 0.25) is 0 Å². The Morgan fingerprint density at radius 1 is 0.896 bits per heavy atom. The predicted octanol–water partition coefficient (Wildman–Crippen LogP) is 2.15. The van der Waals surface area contributed by atoms with Crippen molar-refractivity contribution in [2.45, 2.75) is 83.5 Å². The number of amides is 5. The summed E-state index contributed by atoms with van der Waals surface area (Å²) in [6, 6.07) is 10.3. The Bertz CT molecular complexity index is 1480. The van der Waals surface area contributed by atoms with Gasteiger partial charge >= 0.3 is 5.97 Å². The minimum atomic E-state index is -1.15. The number of carboxylic acid groups (broad SMARTS) is 1. The van der Waals surface area contributed by atoms with E-state index >= 15 is 0 Å². The maximum Gasteiger partial charge on any atom is 0.303 e. The van der Waals surface area contributed by atoms with E-state index < -0.39 is 71.0 Å². The lowest BCUT2D eigenvalue weighted by Crippen LogP contribution is -2.57. The van der Waals surface area contributed by atoms with E-state index in [1.54, 1.807) is 24.3 Å². The molecule has 0 unspecified atom stereocenters. The summed E-state index contributed by atoms with van der Waals surface area (Å²) in [7, 11) is 0. The molecule has 0 spiro atoms. The van der Waals surface area contributed by atoms with Gasteiger partial charge in [-0.3, -0.25) is 38.9 Å². The van der Waals surface area contributed by atoms with E-state index in [0.717, 1.165) is 5.56 Å². The molecule has 1 fully saturated rings. The molecule has 48 heavy (non-hydrogen) atoms. The van der Waals surface area contributed by atoms with Crippen molar-refractivity contribution in [3.05, 3.63) is 70.3 Å². The van der Waals surface area contributed by atoms with Crippen molar-refractivity contribution in [3.8, 4) is 0 Å². The van der Waals surface area contributed by atoms with Gasteiger partial charge in [-0.25, -0.2) is 0 Å². The highest BCUT2D eigenvalue weighted by atomic mass is 16.6. The largest absolute Gasteiger partial charge is 0.481 e. The van der Waals surface area contributed by atoms with Crippen molar-refractivity contribution >= 4 is 46.9 Å². The molecule has 15 nitrogen and oxygen atoms in total. The van der Waals surface area contributed by atoms with Crippen molar-refractivity contribution < 1.29 is 38.8 Å². The van der Waals surface area contributed by atoms with Crippen LogP contribution in [-0.4, -0.2) is 81.1 Å². The lowest BCUT2D eigenvalue weighted by molar-refractivity contribution is -0.384. The highest BCUT2D eigenvalue weighted by molar-refractivity contribution is 5.99. The molecule has 258 valence electrons. The number of nitrogens with zero attached hydrogens (tertiary/aromatic N) is 2. The number of nitrogens with one attached hydrogen (secondary N) is 4. The van der Waals surface area contributed by atoms with Gasteiger partial charge in [-0.05, 0) is 49.8 Å². The van der Waals surface area contributed by atoms with Crippen LogP contribution in [0.15, 0.2) is 54.6 Å². The molecule has 3 rings (SSSR count). The summed E-state index contributed by atoms with van der Waals surface area (Å²) in [5.41, 5.74) is 0.926. The average molecular weight is 667 g/mol. The van der Waals surface area contributed by atoms with E-state index in [1.165, 1.54) is 36.1 Å². The fourth-order valence-corrected chi connectivity index (χ4v) is 5.32. The maximum absolute atomic E-state index is 13.8. The standard InChI is InChI=1S/C33H42N6O9/c1-20(2)18-26(37-30(43)21(3)34-28(40)15-16-29(41)42)33(46)38-17-7-10-27(38)32(45)36-25(19-22-8-5-4-6-9-22)31(44)35-23-11-13-24(14-12-23)39(47)48/h4-6,8-9,11-14,20-21,25-27H,7,10,15-19H2,1-3H3,(H,34,40)(H,35,44)(H,36,45)(H,37,43)(H,41,42)/t21-,25+,26-,27-/m0/s1. The molecular weight excluding hydrogens is 624 g/mol. The molecule has 5 amide bonds. The normalized spacial score (nSPS) is 15.9. The highest BCUT2D eigenvalue weighted by Gasteiger charge is 2.39. The van der Waals surface area contributed by atoms with Crippen molar-refractivity contribution in [2.75, 3.05) is 11.9 Å².